The predicted octanol–water partition coefficient (Wildman–Crippen LogP) is 1.46. The minimum atomic E-state index is -3.45. The fourth-order valence-corrected chi connectivity index (χ4v) is 4.90. The van der Waals surface area contributed by atoms with Gasteiger partial charge in [-0.25, -0.2) is 9.97 Å². The summed E-state index contributed by atoms with van der Waals surface area (Å²) in [6.45, 7) is 7.41. The third-order valence-corrected chi connectivity index (χ3v) is 6.80. The quantitative estimate of drug-likeness (QED) is 0.716. The van der Waals surface area contributed by atoms with Crippen LogP contribution in [0, 0.1) is 0 Å². The number of hydrogen-bond donors (Lipinski definition) is 0. The van der Waals surface area contributed by atoms with Gasteiger partial charge in [0.2, 0.25) is 11.7 Å². The van der Waals surface area contributed by atoms with Crippen LogP contribution in [0.3, 0.4) is 0 Å². The average Bonchev–Trinajstić information content (AvgIpc) is 3.32. The Morgan fingerprint density at radius 2 is 2.08 bits per heavy atom. The summed E-state index contributed by atoms with van der Waals surface area (Å²) in [4.78, 5) is 12.8. The Kier molecular flexibility index (Phi) is 5.64. The van der Waals surface area contributed by atoms with E-state index in [0.29, 0.717) is 56.3 Å². The summed E-state index contributed by atoms with van der Waals surface area (Å²) in [6, 6.07) is 0. The first kappa shape index (κ1) is 18.9. The van der Waals surface area contributed by atoms with Crippen LogP contribution in [0.4, 0.5) is 0 Å². The van der Waals surface area contributed by atoms with E-state index in [9.17, 15) is 8.42 Å². The van der Waals surface area contributed by atoms with E-state index >= 15 is 0 Å². The zero-order valence-corrected chi connectivity index (χ0v) is 16.1. The van der Waals surface area contributed by atoms with Gasteiger partial charge in [0.05, 0.1) is 11.3 Å². The maximum atomic E-state index is 12.7. The van der Waals surface area contributed by atoms with E-state index in [-0.39, 0.29) is 5.92 Å². The lowest BCUT2D eigenvalue weighted by atomic mass is 10.00. The molecule has 142 valence electrons. The minimum Gasteiger partial charge on any atom is -0.339 e. The topological polar surface area (TPSA) is 105 Å². The maximum absolute atomic E-state index is 12.7. The highest BCUT2D eigenvalue weighted by atomic mass is 32.2. The first-order chi connectivity index (χ1) is 12.5. The number of aromatic nitrogens is 4. The van der Waals surface area contributed by atoms with Gasteiger partial charge >= 0.3 is 0 Å². The van der Waals surface area contributed by atoms with E-state index in [4.69, 9.17) is 4.52 Å². The second-order valence-electron chi connectivity index (χ2n) is 6.12. The van der Waals surface area contributed by atoms with Crippen LogP contribution in [0.5, 0.6) is 0 Å². The molecule has 0 amide bonds. The summed E-state index contributed by atoms with van der Waals surface area (Å²) in [6.07, 6.45) is 4.48. The van der Waals surface area contributed by atoms with Crippen molar-refractivity contribution in [2.24, 2.45) is 0 Å². The minimum absolute atomic E-state index is 0.0260. The van der Waals surface area contributed by atoms with Crippen LogP contribution in [0.25, 0.3) is 11.4 Å². The van der Waals surface area contributed by atoms with Gasteiger partial charge in [0, 0.05) is 44.7 Å². The predicted molar refractivity (Wildman–Crippen MR) is 95.5 cm³/mol. The standard InChI is InChI=1S/C16H24N6O3S/c1-4-14-19-16(20-25-14)13-9-17-11-18-15(13)12-7-8-22(10-12)26(23,24)21(5-2)6-3/h9,11-12H,4-8,10H2,1-3H3/t12-/m0/s1. The van der Waals surface area contributed by atoms with Crippen molar-refractivity contribution >= 4 is 10.2 Å². The Hall–Kier alpha value is -1.91. The molecule has 0 unspecified atom stereocenters. The van der Waals surface area contributed by atoms with Crippen LogP contribution in [0.2, 0.25) is 0 Å². The molecule has 0 bridgehead atoms. The number of rotatable bonds is 7. The summed E-state index contributed by atoms with van der Waals surface area (Å²) in [5.74, 6) is 0.969. The molecule has 3 rings (SSSR count). The van der Waals surface area contributed by atoms with Crippen molar-refractivity contribution in [3.8, 4) is 11.4 Å². The van der Waals surface area contributed by atoms with Crippen molar-refractivity contribution in [2.75, 3.05) is 26.2 Å². The first-order valence-electron chi connectivity index (χ1n) is 8.89. The third kappa shape index (κ3) is 3.49. The maximum Gasteiger partial charge on any atom is 0.281 e. The van der Waals surface area contributed by atoms with Crippen molar-refractivity contribution in [1.29, 1.82) is 0 Å². The second kappa shape index (κ2) is 7.77. The molecule has 1 aliphatic heterocycles. The third-order valence-electron chi connectivity index (χ3n) is 4.65. The van der Waals surface area contributed by atoms with Crippen molar-refractivity contribution in [3.63, 3.8) is 0 Å². The zero-order chi connectivity index (χ0) is 18.7. The lowest BCUT2D eigenvalue weighted by Crippen LogP contribution is -2.42. The van der Waals surface area contributed by atoms with Crippen LogP contribution in [0.1, 0.15) is 44.7 Å². The molecule has 9 nitrogen and oxygen atoms in total. The van der Waals surface area contributed by atoms with E-state index in [0.717, 1.165) is 5.69 Å². The van der Waals surface area contributed by atoms with Crippen molar-refractivity contribution in [2.45, 2.75) is 39.5 Å². The molecule has 2 aromatic rings. The van der Waals surface area contributed by atoms with Crippen molar-refractivity contribution in [3.05, 3.63) is 24.1 Å². The monoisotopic (exact) mass is 380 g/mol. The average molecular weight is 380 g/mol. The number of nitrogens with zero attached hydrogens (tertiary/aromatic N) is 6. The molecule has 0 aromatic carbocycles. The molecular weight excluding hydrogens is 356 g/mol. The van der Waals surface area contributed by atoms with E-state index in [1.807, 2.05) is 20.8 Å². The molecule has 10 heteroatoms. The van der Waals surface area contributed by atoms with Gasteiger partial charge in [-0.2, -0.15) is 22.0 Å². The van der Waals surface area contributed by atoms with Crippen LogP contribution in [-0.4, -0.2) is 63.3 Å². The summed E-state index contributed by atoms with van der Waals surface area (Å²) < 4.78 is 33.7. The summed E-state index contributed by atoms with van der Waals surface area (Å²) in [5.41, 5.74) is 1.46. The molecule has 1 aliphatic rings. The Bertz CT molecular complexity index is 849. The first-order valence-corrected chi connectivity index (χ1v) is 10.3. The normalized spacial score (nSPS) is 18.7. The van der Waals surface area contributed by atoms with Gasteiger partial charge in [-0.15, -0.1) is 0 Å². The van der Waals surface area contributed by atoms with Gasteiger partial charge in [-0.3, -0.25) is 0 Å². The molecule has 0 N–H and O–H groups in total. The fraction of sp³-hybridized carbons (Fsp3) is 0.625. The number of aryl methyl sites for hydroxylation is 1. The van der Waals surface area contributed by atoms with E-state index in [1.165, 1.54) is 14.9 Å². The van der Waals surface area contributed by atoms with Gasteiger partial charge in [-0.1, -0.05) is 25.9 Å². The smallest absolute Gasteiger partial charge is 0.281 e. The number of hydrogen-bond acceptors (Lipinski definition) is 7. The molecule has 1 atom stereocenters. The largest absolute Gasteiger partial charge is 0.339 e. The lowest BCUT2D eigenvalue weighted by molar-refractivity contribution is 0.377. The second-order valence-corrected chi connectivity index (χ2v) is 8.05. The van der Waals surface area contributed by atoms with Crippen molar-refractivity contribution in [1.82, 2.24) is 28.7 Å². The fourth-order valence-electron chi connectivity index (χ4n) is 3.22. The van der Waals surface area contributed by atoms with Crippen LogP contribution < -0.4 is 0 Å². The Labute approximate surface area is 153 Å². The lowest BCUT2D eigenvalue weighted by Gasteiger charge is -2.25. The zero-order valence-electron chi connectivity index (χ0n) is 15.3. The van der Waals surface area contributed by atoms with Gasteiger partial charge in [0.1, 0.15) is 6.33 Å². The Morgan fingerprint density at radius 3 is 2.73 bits per heavy atom. The molecule has 0 saturated carbocycles. The highest BCUT2D eigenvalue weighted by Crippen LogP contribution is 2.33. The molecule has 3 heterocycles. The Morgan fingerprint density at radius 1 is 1.31 bits per heavy atom. The molecular formula is C16H24N6O3S. The highest BCUT2D eigenvalue weighted by Gasteiger charge is 2.36. The summed E-state index contributed by atoms with van der Waals surface area (Å²) in [7, 11) is -3.45. The van der Waals surface area contributed by atoms with Gasteiger partial charge in [-0.05, 0) is 6.42 Å². The van der Waals surface area contributed by atoms with Gasteiger partial charge < -0.3 is 4.52 Å². The summed E-state index contributed by atoms with van der Waals surface area (Å²) >= 11 is 0. The van der Waals surface area contributed by atoms with E-state index < -0.39 is 10.2 Å². The molecule has 2 aromatic heterocycles. The molecule has 1 saturated heterocycles. The van der Waals surface area contributed by atoms with Crippen molar-refractivity contribution < 1.29 is 12.9 Å². The highest BCUT2D eigenvalue weighted by molar-refractivity contribution is 7.86. The summed E-state index contributed by atoms with van der Waals surface area (Å²) in [5, 5.41) is 4.01. The van der Waals surface area contributed by atoms with Crippen LogP contribution in [0.15, 0.2) is 17.0 Å². The van der Waals surface area contributed by atoms with Gasteiger partial charge in [0.25, 0.3) is 10.2 Å². The van der Waals surface area contributed by atoms with Crippen LogP contribution >= 0.6 is 0 Å². The molecule has 0 aliphatic carbocycles. The van der Waals surface area contributed by atoms with E-state index in [2.05, 4.69) is 20.1 Å². The molecule has 0 radical (unpaired) electrons. The molecule has 1 fully saturated rings. The Balaban J connectivity index is 1.86. The SMILES string of the molecule is CCc1nc(-c2cncnc2[C@H]2CCN(S(=O)(=O)N(CC)CC)C2)no1. The van der Waals surface area contributed by atoms with E-state index in [1.54, 1.807) is 6.20 Å². The van der Waals surface area contributed by atoms with Crippen LogP contribution in [-0.2, 0) is 16.6 Å². The van der Waals surface area contributed by atoms with Gasteiger partial charge in [0.15, 0.2) is 0 Å². The molecule has 0 spiro atoms. The molecule has 26 heavy (non-hydrogen) atoms.